The molecule has 106 valence electrons. The fraction of sp³-hybridized carbons (Fsp3) is 0.364. The summed E-state index contributed by atoms with van der Waals surface area (Å²) >= 11 is 0. The molecule has 0 saturated carbocycles. The van der Waals surface area contributed by atoms with Crippen LogP contribution in [0.3, 0.4) is 0 Å². The Balaban J connectivity index is 3.22. The van der Waals surface area contributed by atoms with Crippen molar-refractivity contribution in [3.05, 3.63) is 29.3 Å². The number of carboxylic acid groups (broad SMARTS) is 1. The van der Waals surface area contributed by atoms with Crippen LogP contribution in [-0.2, 0) is 16.9 Å². The van der Waals surface area contributed by atoms with E-state index in [0.29, 0.717) is 13.0 Å². The molecule has 0 saturated heterocycles. The molecule has 1 aromatic carbocycles. The molecule has 19 heavy (non-hydrogen) atoms. The summed E-state index contributed by atoms with van der Waals surface area (Å²) in [6.07, 6.45) is -4.86. The Morgan fingerprint density at radius 3 is 2.26 bits per heavy atom. The van der Waals surface area contributed by atoms with Gasteiger partial charge >= 0.3 is 12.1 Å². The van der Waals surface area contributed by atoms with E-state index >= 15 is 0 Å². The van der Waals surface area contributed by atoms with Gasteiger partial charge in [0.25, 0.3) is 5.92 Å². The number of rotatable bonds is 4. The van der Waals surface area contributed by atoms with Gasteiger partial charge in [-0.2, -0.15) is 13.2 Å². The molecule has 0 aliphatic heterocycles. The second kappa shape index (κ2) is 5.02. The van der Waals surface area contributed by atoms with Gasteiger partial charge in [-0.15, -0.1) is 0 Å². The van der Waals surface area contributed by atoms with Crippen LogP contribution in [0.1, 0.15) is 18.1 Å². The Bertz CT molecular complexity index is 479. The second-order valence-corrected chi connectivity index (χ2v) is 3.89. The summed E-state index contributed by atoms with van der Waals surface area (Å²) in [5.74, 6) is -4.77. The van der Waals surface area contributed by atoms with Gasteiger partial charge < -0.3 is 10.4 Å². The monoisotopic (exact) mass is 283 g/mol. The van der Waals surface area contributed by atoms with E-state index in [1.165, 1.54) is 0 Å². The van der Waals surface area contributed by atoms with Crippen LogP contribution >= 0.6 is 0 Å². The summed E-state index contributed by atoms with van der Waals surface area (Å²) < 4.78 is 64.1. The lowest BCUT2D eigenvalue weighted by Gasteiger charge is -2.17. The third kappa shape index (κ3) is 4.08. The number of halogens is 5. The highest BCUT2D eigenvalue weighted by molar-refractivity contribution is 5.73. The largest absolute Gasteiger partial charge is 0.480 e. The van der Waals surface area contributed by atoms with Crippen molar-refractivity contribution in [2.45, 2.75) is 19.0 Å². The summed E-state index contributed by atoms with van der Waals surface area (Å²) in [7, 11) is 0. The third-order valence-corrected chi connectivity index (χ3v) is 2.26. The van der Waals surface area contributed by atoms with E-state index in [4.69, 9.17) is 5.11 Å². The van der Waals surface area contributed by atoms with Gasteiger partial charge in [0, 0.05) is 18.2 Å². The molecule has 0 heterocycles. The van der Waals surface area contributed by atoms with Gasteiger partial charge in [0.1, 0.15) is 6.54 Å². The predicted octanol–water partition coefficient (Wildman–Crippen LogP) is 3.31. The minimum Gasteiger partial charge on any atom is -0.480 e. The molecule has 0 spiro atoms. The van der Waals surface area contributed by atoms with Gasteiger partial charge in [-0.05, 0) is 12.1 Å². The zero-order chi connectivity index (χ0) is 14.8. The van der Waals surface area contributed by atoms with E-state index in [1.54, 1.807) is 0 Å². The third-order valence-electron chi connectivity index (χ3n) is 2.26. The van der Waals surface area contributed by atoms with Crippen LogP contribution in [0, 0.1) is 0 Å². The van der Waals surface area contributed by atoms with E-state index < -0.39 is 41.4 Å². The molecule has 0 radical (unpaired) electrons. The molecule has 0 bridgehead atoms. The van der Waals surface area contributed by atoms with Crippen molar-refractivity contribution in [1.82, 2.24) is 0 Å². The van der Waals surface area contributed by atoms with Crippen LogP contribution in [0.4, 0.5) is 27.6 Å². The molecule has 0 aromatic heterocycles. The Hall–Kier alpha value is -1.86. The summed E-state index contributed by atoms with van der Waals surface area (Å²) in [5.41, 5.74) is -2.67. The van der Waals surface area contributed by atoms with Crippen molar-refractivity contribution in [2.24, 2.45) is 0 Å². The Morgan fingerprint density at radius 1 is 1.26 bits per heavy atom. The smallest absolute Gasteiger partial charge is 0.418 e. The molecular weight excluding hydrogens is 273 g/mol. The molecule has 0 aliphatic rings. The molecule has 0 aliphatic carbocycles. The summed E-state index contributed by atoms with van der Waals surface area (Å²) in [4.78, 5) is 10.3. The van der Waals surface area contributed by atoms with Crippen LogP contribution < -0.4 is 5.32 Å². The number of hydrogen-bond donors (Lipinski definition) is 2. The highest BCUT2D eigenvalue weighted by Gasteiger charge is 2.36. The second-order valence-electron chi connectivity index (χ2n) is 3.89. The van der Waals surface area contributed by atoms with Gasteiger partial charge in [0.2, 0.25) is 0 Å². The molecule has 0 unspecified atom stereocenters. The Morgan fingerprint density at radius 2 is 1.84 bits per heavy atom. The van der Waals surface area contributed by atoms with Gasteiger partial charge in [0.05, 0.1) is 5.56 Å². The maximum atomic E-state index is 13.0. The molecule has 3 nitrogen and oxygen atoms in total. The van der Waals surface area contributed by atoms with Crippen LogP contribution in [0.2, 0.25) is 0 Å². The molecule has 1 aromatic rings. The predicted molar refractivity (Wildman–Crippen MR) is 57.1 cm³/mol. The van der Waals surface area contributed by atoms with Crippen molar-refractivity contribution in [3.63, 3.8) is 0 Å². The number of hydrogen-bond acceptors (Lipinski definition) is 2. The standard InChI is InChI=1S/C11H10F5NO2/c1-10(12,13)6-2-3-8(17-5-9(18)19)7(4-6)11(14,15)16/h2-4,17H,5H2,1H3,(H,18,19). The maximum absolute atomic E-state index is 13.0. The molecule has 0 amide bonds. The first-order chi connectivity index (χ1) is 8.51. The number of carbonyl (C=O) groups is 1. The Labute approximate surface area is 105 Å². The normalized spacial score (nSPS) is 12.3. The van der Waals surface area contributed by atoms with Crippen LogP contribution in [0.5, 0.6) is 0 Å². The molecule has 0 atom stereocenters. The van der Waals surface area contributed by atoms with Crippen molar-refractivity contribution in [3.8, 4) is 0 Å². The average molecular weight is 283 g/mol. The van der Waals surface area contributed by atoms with E-state index in [0.717, 1.165) is 12.1 Å². The van der Waals surface area contributed by atoms with Crippen LogP contribution in [0.25, 0.3) is 0 Å². The topological polar surface area (TPSA) is 49.3 Å². The fourth-order valence-corrected chi connectivity index (χ4v) is 1.38. The highest BCUT2D eigenvalue weighted by atomic mass is 19.4. The Kier molecular flexibility index (Phi) is 4.02. The van der Waals surface area contributed by atoms with Crippen molar-refractivity contribution in [2.75, 3.05) is 11.9 Å². The van der Waals surface area contributed by atoms with E-state index in [2.05, 4.69) is 0 Å². The minimum atomic E-state index is -4.86. The minimum absolute atomic E-state index is 0.310. The number of anilines is 1. The average Bonchev–Trinajstić information content (AvgIpc) is 2.23. The van der Waals surface area contributed by atoms with Gasteiger partial charge in [0.15, 0.2) is 0 Å². The lowest BCUT2D eigenvalue weighted by Crippen LogP contribution is -2.18. The molecular formula is C11H10F5NO2. The van der Waals surface area contributed by atoms with E-state index in [-0.39, 0.29) is 0 Å². The molecule has 0 fully saturated rings. The van der Waals surface area contributed by atoms with Crippen LogP contribution in [0.15, 0.2) is 18.2 Å². The number of nitrogens with one attached hydrogen (secondary N) is 1. The van der Waals surface area contributed by atoms with Crippen molar-refractivity contribution in [1.29, 1.82) is 0 Å². The summed E-state index contributed by atoms with van der Waals surface area (Å²) in [6, 6.07) is 1.92. The van der Waals surface area contributed by atoms with Crippen molar-refractivity contribution >= 4 is 11.7 Å². The first-order valence-electron chi connectivity index (χ1n) is 5.07. The van der Waals surface area contributed by atoms with Gasteiger partial charge in [-0.25, -0.2) is 8.78 Å². The van der Waals surface area contributed by atoms with Crippen LogP contribution in [-0.4, -0.2) is 17.6 Å². The highest BCUT2D eigenvalue weighted by Crippen LogP contribution is 2.38. The lowest BCUT2D eigenvalue weighted by molar-refractivity contribution is -0.138. The number of carboxylic acids is 1. The SMILES string of the molecule is CC(F)(F)c1ccc(NCC(=O)O)c(C(F)(F)F)c1. The summed E-state index contributed by atoms with van der Waals surface area (Å²) in [5, 5.41) is 10.4. The molecule has 8 heteroatoms. The first-order valence-corrected chi connectivity index (χ1v) is 5.07. The number of benzene rings is 1. The van der Waals surface area contributed by atoms with E-state index in [9.17, 15) is 26.7 Å². The van der Waals surface area contributed by atoms with Crippen molar-refractivity contribution < 1.29 is 31.9 Å². The fourth-order valence-electron chi connectivity index (χ4n) is 1.38. The zero-order valence-corrected chi connectivity index (χ0v) is 9.68. The van der Waals surface area contributed by atoms with Gasteiger partial charge in [-0.3, -0.25) is 4.79 Å². The number of aliphatic carboxylic acids is 1. The quantitative estimate of drug-likeness (QED) is 0.833. The maximum Gasteiger partial charge on any atom is 0.418 e. The molecule has 2 N–H and O–H groups in total. The lowest BCUT2D eigenvalue weighted by atomic mass is 10.0. The van der Waals surface area contributed by atoms with Gasteiger partial charge in [-0.1, -0.05) is 6.07 Å². The first kappa shape index (κ1) is 15.2. The number of alkyl halides is 5. The molecule has 1 rings (SSSR count). The van der Waals surface area contributed by atoms with E-state index in [1.807, 2.05) is 5.32 Å². The summed E-state index contributed by atoms with van der Waals surface area (Å²) in [6.45, 7) is -0.266. The zero-order valence-electron chi connectivity index (χ0n) is 9.68.